The van der Waals surface area contributed by atoms with E-state index in [9.17, 15) is 0 Å². The number of imidazole rings is 1. The lowest BCUT2D eigenvalue weighted by atomic mass is 10.1. The number of aryl methyl sites for hydroxylation is 2. The van der Waals surface area contributed by atoms with Gasteiger partial charge in [0.2, 0.25) is 0 Å². The molecule has 0 unspecified atom stereocenters. The van der Waals surface area contributed by atoms with E-state index in [1.165, 1.54) is 0 Å². The van der Waals surface area contributed by atoms with Crippen molar-refractivity contribution >= 4 is 11.0 Å². The molecular formula is C13H13N5. The molecule has 18 heavy (non-hydrogen) atoms. The predicted octanol–water partition coefficient (Wildman–Crippen LogP) is 2.29. The van der Waals surface area contributed by atoms with E-state index in [4.69, 9.17) is 0 Å². The van der Waals surface area contributed by atoms with Crippen LogP contribution in [0.5, 0.6) is 0 Å². The molecule has 0 fully saturated rings. The lowest BCUT2D eigenvalue weighted by molar-refractivity contribution is 0.893. The molecule has 0 aromatic carbocycles. The van der Waals surface area contributed by atoms with Gasteiger partial charge in [-0.2, -0.15) is 10.2 Å². The zero-order valence-corrected chi connectivity index (χ0v) is 10.3. The van der Waals surface area contributed by atoms with Gasteiger partial charge < -0.3 is 4.98 Å². The molecule has 0 aliphatic carbocycles. The van der Waals surface area contributed by atoms with Crippen molar-refractivity contribution in [3.63, 3.8) is 0 Å². The van der Waals surface area contributed by atoms with Crippen LogP contribution in [0.1, 0.15) is 18.3 Å². The van der Waals surface area contributed by atoms with Crippen LogP contribution >= 0.6 is 0 Å². The first-order chi connectivity index (χ1) is 8.78. The Morgan fingerprint density at radius 2 is 2.17 bits per heavy atom. The van der Waals surface area contributed by atoms with Crippen molar-refractivity contribution in [2.24, 2.45) is 0 Å². The zero-order valence-electron chi connectivity index (χ0n) is 10.3. The first-order valence-electron chi connectivity index (χ1n) is 5.91. The molecule has 5 nitrogen and oxygen atoms in total. The Kier molecular flexibility index (Phi) is 2.51. The Bertz CT molecular complexity index is 668. The largest absolute Gasteiger partial charge is 0.337 e. The number of hydrogen-bond donors (Lipinski definition) is 1. The van der Waals surface area contributed by atoms with Crippen LogP contribution in [0.4, 0.5) is 0 Å². The first-order valence-corrected chi connectivity index (χ1v) is 5.91. The SMILES string of the molecule is CCc1nnc(C)cc1-c1nc2ccncc2[nH]1. The number of hydrogen-bond acceptors (Lipinski definition) is 4. The van der Waals surface area contributed by atoms with Gasteiger partial charge in [0.15, 0.2) is 0 Å². The normalized spacial score (nSPS) is 11.0. The molecule has 1 N–H and O–H groups in total. The van der Waals surface area contributed by atoms with Crippen LogP contribution in [0.3, 0.4) is 0 Å². The number of rotatable bonds is 2. The Morgan fingerprint density at radius 1 is 1.28 bits per heavy atom. The number of nitrogens with one attached hydrogen (secondary N) is 1. The average molecular weight is 239 g/mol. The Balaban J connectivity index is 2.22. The third-order valence-electron chi connectivity index (χ3n) is 2.87. The fourth-order valence-electron chi connectivity index (χ4n) is 1.96. The van der Waals surface area contributed by atoms with Crippen molar-refractivity contribution < 1.29 is 0 Å². The van der Waals surface area contributed by atoms with Gasteiger partial charge in [-0.3, -0.25) is 4.98 Å². The Hall–Kier alpha value is -2.30. The maximum Gasteiger partial charge on any atom is 0.140 e. The first kappa shape index (κ1) is 10.8. The lowest BCUT2D eigenvalue weighted by Crippen LogP contribution is -1.98. The summed E-state index contributed by atoms with van der Waals surface area (Å²) in [5, 5.41) is 8.30. The molecule has 90 valence electrons. The molecule has 0 aliphatic rings. The highest BCUT2D eigenvalue weighted by Crippen LogP contribution is 2.22. The van der Waals surface area contributed by atoms with Gasteiger partial charge in [0.25, 0.3) is 0 Å². The number of H-pyrrole nitrogens is 1. The molecule has 0 atom stereocenters. The molecule has 0 radical (unpaired) electrons. The van der Waals surface area contributed by atoms with Crippen molar-refractivity contribution in [1.29, 1.82) is 0 Å². The molecule has 3 aromatic heterocycles. The molecule has 0 aliphatic heterocycles. The van der Waals surface area contributed by atoms with Crippen LogP contribution < -0.4 is 0 Å². The van der Waals surface area contributed by atoms with E-state index in [1.54, 1.807) is 12.4 Å². The van der Waals surface area contributed by atoms with Gasteiger partial charge in [0.1, 0.15) is 5.82 Å². The number of nitrogens with zero attached hydrogens (tertiary/aromatic N) is 4. The Morgan fingerprint density at radius 3 is 2.94 bits per heavy atom. The van der Waals surface area contributed by atoms with Crippen LogP contribution in [0, 0.1) is 6.92 Å². The topological polar surface area (TPSA) is 67.3 Å². The third-order valence-corrected chi connectivity index (χ3v) is 2.87. The molecular weight excluding hydrogens is 226 g/mol. The minimum atomic E-state index is 0.827. The van der Waals surface area contributed by atoms with E-state index in [1.807, 2.05) is 19.1 Å². The number of aromatic amines is 1. The van der Waals surface area contributed by atoms with Crippen LogP contribution in [-0.4, -0.2) is 25.1 Å². The van der Waals surface area contributed by atoms with E-state index in [-0.39, 0.29) is 0 Å². The minimum Gasteiger partial charge on any atom is -0.337 e. The summed E-state index contributed by atoms with van der Waals surface area (Å²) in [6.07, 6.45) is 4.35. The van der Waals surface area contributed by atoms with Crippen molar-refractivity contribution in [2.45, 2.75) is 20.3 Å². The van der Waals surface area contributed by atoms with Gasteiger partial charge in [0, 0.05) is 11.8 Å². The molecule has 3 heterocycles. The van der Waals surface area contributed by atoms with Crippen molar-refractivity contribution in [2.75, 3.05) is 0 Å². The van der Waals surface area contributed by atoms with Crippen LogP contribution in [-0.2, 0) is 6.42 Å². The second-order valence-electron chi connectivity index (χ2n) is 4.18. The van der Waals surface area contributed by atoms with Crippen molar-refractivity contribution in [3.8, 4) is 11.4 Å². The fraction of sp³-hybridized carbons (Fsp3) is 0.231. The van der Waals surface area contributed by atoms with E-state index in [0.29, 0.717) is 0 Å². The number of fused-ring (bicyclic) bond motifs is 1. The molecule has 3 aromatic rings. The second-order valence-corrected chi connectivity index (χ2v) is 4.18. The summed E-state index contributed by atoms with van der Waals surface area (Å²) >= 11 is 0. The van der Waals surface area contributed by atoms with E-state index < -0.39 is 0 Å². The Labute approximate surface area is 104 Å². The van der Waals surface area contributed by atoms with E-state index in [0.717, 1.165) is 40.2 Å². The van der Waals surface area contributed by atoms with Crippen molar-refractivity contribution in [3.05, 3.63) is 35.9 Å². The number of aromatic nitrogens is 5. The molecule has 0 saturated heterocycles. The molecule has 0 bridgehead atoms. The van der Waals surface area contributed by atoms with E-state index >= 15 is 0 Å². The van der Waals surface area contributed by atoms with Gasteiger partial charge in [-0.05, 0) is 25.5 Å². The van der Waals surface area contributed by atoms with Gasteiger partial charge in [-0.1, -0.05) is 6.92 Å². The minimum absolute atomic E-state index is 0.827. The third kappa shape index (κ3) is 1.73. The van der Waals surface area contributed by atoms with Crippen LogP contribution in [0.2, 0.25) is 0 Å². The highest BCUT2D eigenvalue weighted by Gasteiger charge is 2.11. The highest BCUT2D eigenvalue weighted by atomic mass is 15.1. The van der Waals surface area contributed by atoms with Gasteiger partial charge in [-0.25, -0.2) is 4.98 Å². The second kappa shape index (κ2) is 4.18. The standard InChI is InChI=1S/C13H13N5/c1-3-10-9(6-8(2)17-18-10)13-15-11-4-5-14-7-12(11)16-13/h4-7H,3H2,1-2H3,(H,15,16). The summed E-state index contributed by atoms with van der Waals surface area (Å²) in [6.45, 7) is 3.99. The van der Waals surface area contributed by atoms with Gasteiger partial charge in [0.05, 0.1) is 28.6 Å². The van der Waals surface area contributed by atoms with Gasteiger partial charge >= 0.3 is 0 Å². The summed E-state index contributed by atoms with van der Waals surface area (Å²) in [7, 11) is 0. The maximum absolute atomic E-state index is 4.57. The fourth-order valence-corrected chi connectivity index (χ4v) is 1.96. The van der Waals surface area contributed by atoms with Crippen LogP contribution in [0.25, 0.3) is 22.4 Å². The highest BCUT2D eigenvalue weighted by molar-refractivity contribution is 5.78. The van der Waals surface area contributed by atoms with Crippen molar-refractivity contribution in [1.82, 2.24) is 25.1 Å². The molecule has 0 spiro atoms. The van der Waals surface area contributed by atoms with Gasteiger partial charge in [-0.15, -0.1) is 0 Å². The average Bonchev–Trinajstić information content (AvgIpc) is 2.82. The smallest absolute Gasteiger partial charge is 0.140 e. The summed E-state index contributed by atoms with van der Waals surface area (Å²) in [5.74, 6) is 0.827. The summed E-state index contributed by atoms with van der Waals surface area (Å²) < 4.78 is 0. The van der Waals surface area contributed by atoms with E-state index in [2.05, 4.69) is 32.1 Å². The summed E-state index contributed by atoms with van der Waals surface area (Å²) in [4.78, 5) is 11.9. The quantitative estimate of drug-likeness (QED) is 0.745. The maximum atomic E-state index is 4.57. The molecule has 5 heteroatoms. The summed E-state index contributed by atoms with van der Waals surface area (Å²) in [5.41, 5.74) is 4.70. The predicted molar refractivity (Wildman–Crippen MR) is 69.0 cm³/mol. The monoisotopic (exact) mass is 239 g/mol. The summed E-state index contributed by atoms with van der Waals surface area (Å²) in [6, 6.07) is 3.90. The number of pyridine rings is 1. The zero-order chi connectivity index (χ0) is 12.5. The molecule has 3 rings (SSSR count). The molecule has 0 saturated carbocycles. The molecule has 0 amide bonds. The lowest BCUT2D eigenvalue weighted by Gasteiger charge is -2.03. The van der Waals surface area contributed by atoms with Crippen LogP contribution in [0.15, 0.2) is 24.5 Å².